The van der Waals surface area contributed by atoms with E-state index in [1.807, 2.05) is 36.4 Å². The first kappa shape index (κ1) is 39.4. The molecule has 5 rings (SSSR count). The number of aliphatic hydroxyl groups is 1. The summed E-state index contributed by atoms with van der Waals surface area (Å²) >= 11 is 0. The number of ether oxygens (including phenoxy) is 5. The molecule has 0 heterocycles. The normalized spacial score (nSPS) is 19.8. The minimum atomic E-state index is -0.664. The summed E-state index contributed by atoms with van der Waals surface area (Å²) in [6, 6.07) is 21.4. The number of benzene rings is 3. The molecule has 0 saturated heterocycles. The smallest absolute Gasteiger partial charge is 0.341 e. The Morgan fingerprint density at radius 3 is 1.62 bits per heavy atom. The lowest BCUT2D eigenvalue weighted by Gasteiger charge is -2.38. The maximum atomic E-state index is 12.9. The van der Waals surface area contributed by atoms with Crippen LogP contribution in [0.4, 0.5) is 0 Å². The van der Waals surface area contributed by atoms with Crippen LogP contribution in [0.15, 0.2) is 103 Å². The third-order valence-electron chi connectivity index (χ3n) is 10.4. The van der Waals surface area contributed by atoms with E-state index in [0.717, 1.165) is 79.2 Å². The van der Waals surface area contributed by atoms with Crippen LogP contribution in [0.25, 0.3) is 22.3 Å². The van der Waals surface area contributed by atoms with Crippen LogP contribution in [0.1, 0.15) is 62.8 Å². The highest BCUT2D eigenvalue weighted by atomic mass is 16.6. The van der Waals surface area contributed by atoms with Gasteiger partial charge in [-0.05, 0) is 121 Å². The van der Waals surface area contributed by atoms with E-state index in [9.17, 15) is 14.4 Å². The molecule has 53 heavy (non-hydrogen) atoms. The van der Waals surface area contributed by atoms with Gasteiger partial charge in [-0.3, -0.25) is 0 Å². The van der Waals surface area contributed by atoms with Gasteiger partial charge in [0.15, 0.2) is 0 Å². The summed E-state index contributed by atoms with van der Waals surface area (Å²) < 4.78 is 27.0. The molecule has 2 fully saturated rings. The molecular weight excluding hydrogens is 672 g/mol. The molecule has 0 atom stereocenters. The van der Waals surface area contributed by atoms with Crippen molar-refractivity contribution in [3.63, 3.8) is 0 Å². The van der Waals surface area contributed by atoms with Crippen LogP contribution in [0.2, 0.25) is 0 Å². The Bertz CT molecular complexity index is 1770. The Kier molecular flexibility index (Phi) is 14.0. The van der Waals surface area contributed by atoms with Crippen molar-refractivity contribution >= 4 is 17.9 Å². The van der Waals surface area contributed by atoms with E-state index in [1.165, 1.54) is 14.2 Å². The number of carbonyl (C=O) groups is 3. The minimum absolute atomic E-state index is 0.00920. The van der Waals surface area contributed by atoms with Crippen molar-refractivity contribution < 1.29 is 43.2 Å². The predicted molar refractivity (Wildman–Crippen MR) is 203 cm³/mol. The van der Waals surface area contributed by atoms with Gasteiger partial charge in [0, 0.05) is 14.2 Å². The fourth-order valence-corrected chi connectivity index (χ4v) is 7.41. The van der Waals surface area contributed by atoms with Crippen LogP contribution in [-0.2, 0) is 28.6 Å². The van der Waals surface area contributed by atoms with Crippen molar-refractivity contribution in [3.05, 3.63) is 109 Å². The molecule has 0 bridgehead atoms. The number of hydrogen-bond donors (Lipinski definition) is 1. The Balaban J connectivity index is 1.26. The number of rotatable bonds is 15. The topological polar surface area (TPSA) is 118 Å². The fraction of sp³-hybridized carbons (Fsp3) is 0.386. The molecule has 2 saturated carbocycles. The number of methoxy groups -OCH3 is 2. The summed E-state index contributed by atoms with van der Waals surface area (Å²) in [6.07, 6.45) is 7.89. The van der Waals surface area contributed by atoms with Crippen molar-refractivity contribution in [2.75, 3.05) is 34.0 Å². The van der Waals surface area contributed by atoms with Gasteiger partial charge in [0.05, 0.1) is 36.5 Å². The summed E-state index contributed by atoms with van der Waals surface area (Å²) in [7, 11) is 3.06. The molecule has 0 aromatic heterocycles. The van der Waals surface area contributed by atoms with Crippen molar-refractivity contribution in [2.45, 2.75) is 63.4 Å². The minimum Gasteiger partial charge on any atom is -0.459 e. The van der Waals surface area contributed by atoms with E-state index in [1.54, 1.807) is 12.1 Å². The monoisotopic (exact) mass is 722 g/mol. The predicted octanol–water partition coefficient (Wildman–Crippen LogP) is 8.16. The average Bonchev–Trinajstić information content (AvgIpc) is 3.18. The average molecular weight is 723 g/mol. The molecule has 1 N–H and O–H groups in total. The summed E-state index contributed by atoms with van der Waals surface area (Å²) in [5.41, 5.74) is 5.62. The van der Waals surface area contributed by atoms with E-state index in [-0.39, 0.29) is 42.4 Å². The lowest BCUT2D eigenvalue weighted by molar-refractivity contribution is -0.147. The molecule has 0 unspecified atom stereocenters. The van der Waals surface area contributed by atoms with Crippen LogP contribution in [0, 0.1) is 11.8 Å². The molecule has 0 spiro atoms. The highest BCUT2D eigenvalue weighted by molar-refractivity contribution is 5.90. The number of esters is 3. The fourth-order valence-electron chi connectivity index (χ4n) is 7.41. The number of carbonyl (C=O) groups excluding carboxylic acids is 3. The van der Waals surface area contributed by atoms with Crippen molar-refractivity contribution in [3.8, 4) is 33.8 Å². The van der Waals surface area contributed by atoms with Gasteiger partial charge in [0.1, 0.15) is 17.6 Å². The summed E-state index contributed by atoms with van der Waals surface area (Å²) in [6.45, 7) is 10.9. The molecule has 2 aliphatic rings. The van der Waals surface area contributed by atoms with E-state index in [4.69, 9.17) is 28.8 Å². The van der Waals surface area contributed by atoms with E-state index in [2.05, 4.69) is 37.9 Å². The van der Waals surface area contributed by atoms with Crippen LogP contribution in [-0.4, -0.2) is 63.2 Å². The SMILES string of the molecule is C=C(CO)C(=O)Oc1ccc(-c2ccc(-c3ccc(OC(=O)C(=C)COC)c(C4CCC(C5CCC(OC(=O)C(=C)COC)CC5)CC4)c3)cc2)cc1. The summed E-state index contributed by atoms with van der Waals surface area (Å²) in [4.78, 5) is 37.2. The standard InChI is InChI=1S/C44H50O9/c1-28(25-45)42(46)51-38-19-14-33(15-20-38)31-6-8-35(9-7-31)37-18-23-41(53-44(48)30(3)27-50-5)40(24-37)36-12-10-32(11-13-36)34-16-21-39(22-17-34)52-43(47)29(2)26-49-4/h6-9,14-15,18-20,23-24,32,34,36,39,45H,1-3,10-13,16-17,21-22,25-27H2,4-5H3. The maximum Gasteiger partial charge on any atom is 0.341 e. The van der Waals surface area contributed by atoms with Crippen LogP contribution >= 0.6 is 0 Å². The zero-order chi connectivity index (χ0) is 37.9. The van der Waals surface area contributed by atoms with E-state index >= 15 is 0 Å². The third-order valence-corrected chi connectivity index (χ3v) is 10.4. The second kappa shape index (κ2) is 18.8. The van der Waals surface area contributed by atoms with Crippen LogP contribution < -0.4 is 9.47 Å². The van der Waals surface area contributed by atoms with Gasteiger partial charge < -0.3 is 28.8 Å². The lowest BCUT2D eigenvalue weighted by Crippen LogP contribution is -2.30. The Labute approximate surface area is 312 Å². The van der Waals surface area contributed by atoms with Gasteiger partial charge in [0.25, 0.3) is 0 Å². The second-order valence-electron chi connectivity index (χ2n) is 14.0. The summed E-state index contributed by atoms with van der Waals surface area (Å²) in [5, 5.41) is 9.11. The van der Waals surface area contributed by atoms with Crippen LogP contribution in [0.3, 0.4) is 0 Å². The Morgan fingerprint density at radius 2 is 1.08 bits per heavy atom. The first-order chi connectivity index (χ1) is 25.6. The Morgan fingerprint density at radius 1 is 0.604 bits per heavy atom. The van der Waals surface area contributed by atoms with Crippen LogP contribution in [0.5, 0.6) is 11.5 Å². The lowest BCUT2D eigenvalue weighted by atomic mass is 9.69. The van der Waals surface area contributed by atoms with Gasteiger partial charge in [-0.15, -0.1) is 0 Å². The molecule has 0 aliphatic heterocycles. The molecule has 280 valence electrons. The third kappa shape index (κ3) is 10.4. The highest BCUT2D eigenvalue weighted by Crippen LogP contribution is 2.46. The van der Waals surface area contributed by atoms with Gasteiger partial charge >= 0.3 is 17.9 Å². The zero-order valence-electron chi connectivity index (χ0n) is 30.8. The van der Waals surface area contributed by atoms with Gasteiger partial charge in [-0.1, -0.05) is 62.2 Å². The van der Waals surface area contributed by atoms with Crippen molar-refractivity contribution in [1.82, 2.24) is 0 Å². The number of aliphatic hydroxyl groups excluding tert-OH is 1. The largest absolute Gasteiger partial charge is 0.459 e. The second-order valence-corrected chi connectivity index (χ2v) is 14.0. The van der Waals surface area contributed by atoms with Gasteiger partial charge in [-0.25, -0.2) is 14.4 Å². The van der Waals surface area contributed by atoms with Crippen molar-refractivity contribution in [1.29, 1.82) is 0 Å². The van der Waals surface area contributed by atoms with E-state index < -0.39 is 18.5 Å². The number of hydrogen-bond acceptors (Lipinski definition) is 9. The summed E-state index contributed by atoms with van der Waals surface area (Å²) in [5.74, 6) is 0.834. The maximum absolute atomic E-state index is 12.9. The zero-order valence-corrected chi connectivity index (χ0v) is 30.8. The molecule has 2 aliphatic carbocycles. The molecule has 9 nitrogen and oxygen atoms in total. The molecular formula is C44H50O9. The molecule has 0 radical (unpaired) electrons. The van der Waals surface area contributed by atoms with Gasteiger partial charge in [0.2, 0.25) is 0 Å². The van der Waals surface area contributed by atoms with E-state index in [0.29, 0.717) is 28.9 Å². The van der Waals surface area contributed by atoms with Gasteiger partial charge in [-0.2, -0.15) is 0 Å². The van der Waals surface area contributed by atoms with Crippen molar-refractivity contribution in [2.24, 2.45) is 11.8 Å². The molecule has 3 aromatic rings. The molecule has 0 amide bonds. The molecule has 9 heteroatoms. The quantitative estimate of drug-likeness (QED) is 0.0942. The Hall–Kier alpha value is -4.83. The first-order valence-electron chi connectivity index (χ1n) is 18.2. The highest BCUT2D eigenvalue weighted by Gasteiger charge is 2.33. The molecule has 3 aromatic carbocycles. The first-order valence-corrected chi connectivity index (χ1v) is 18.2.